The fraction of sp³-hybridized carbons (Fsp3) is 0.889. The molecule has 1 aliphatic heterocycles. The van der Waals surface area contributed by atoms with E-state index in [1.54, 1.807) is 0 Å². The van der Waals surface area contributed by atoms with Crippen molar-refractivity contribution in [2.75, 3.05) is 13.1 Å². The highest BCUT2D eigenvalue weighted by Crippen LogP contribution is 2.25. The second-order valence-corrected chi connectivity index (χ2v) is 4.67. The molecule has 0 aromatic carbocycles. The van der Waals surface area contributed by atoms with Gasteiger partial charge in [0.1, 0.15) is 5.60 Å². The average molecular weight is 171 g/mol. The third-order valence-electron chi connectivity index (χ3n) is 1.92. The van der Waals surface area contributed by atoms with Crippen molar-refractivity contribution in [3.05, 3.63) is 0 Å². The summed E-state index contributed by atoms with van der Waals surface area (Å²) < 4.78 is 5.27. The Kier molecular flexibility index (Phi) is 2.17. The molecular weight excluding hydrogens is 154 g/mol. The minimum atomic E-state index is -0.365. The molecule has 1 rings (SSSR count). The van der Waals surface area contributed by atoms with Crippen molar-refractivity contribution in [3.63, 3.8) is 0 Å². The number of carbonyl (C=O) groups excluding carboxylic acids is 1. The summed E-state index contributed by atoms with van der Waals surface area (Å²) in [6, 6.07) is 0. The van der Waals surface area contributed by atoms with E-state index in [1.165, 1.54) is 0 Å². The first-order valence-electron chi connectivity index (χ1n) is 4.28. The molecule has 0 spiro atoms. The van der Waals surface area contributed by atoms with E-state index in [4.69, 9.17) is 4.74 Å². The number of hydrogen-bond donors (Lipinski definition) is 1. The Bertz CT molecular complexity index is 189. The number of nitrogens with one attached hydrogen (secondary N) is 1. The van der Waals surface area contributed by atoms with Crippen molar-refractivity contribution in [2.24, 2.45) is 5.41 Å². The number of esters is 1. The molecule has 0 aromatic heterocycles. The maximum Gasteiger partial charge on any atom is 0.314 e. The van der Waals surface area contributed by atoms with E-state index >= 15 is 0 Å². The molecule has 0 aliphatic carbocycles. The molecule has 0 radical (unpaired) electrons. The summed E-state index contributed by atoms with van der Waals surface area (Å²) in [5.41, 5.74) is -0.650. The summed E-state index contributed by atoms with van der Waals surface area (Å²) in [6.45, 7) is 9.07. The van der Waals surface area contributed by atoms with Crippen LogP contribution in [0.2, 0.25) is 0 Å². The highest BCUT2D eigenvalue weighted by Gasteiger charge is 2.42. The minimum Gasteiger partial charge on any atom is -0.459 e. The first-order chi connectivity index (χ1) is 5.33. The van der Waals surface area contributed by atoms with E-state index in [9.17, 15) is 4.79 Å². The van der Waals surface area contributed by atoms with Crippen molar-refractivity contribution in [1.29, 1.82) is 0 Å². The molecule has 1 saturated heterocycles. The van der Waals surface area contributed by atoms with Crippen molar-refractivity contribution in [1.82, 2.24) is 5.32 Å². The van der Waals surface area contributed by atoms with Crippen LogP contribution in [0.1, 0.15) is 27.7 Å². The van der Waals surface area contributed by atoms with Crippen LogP contribution in [0.5, 0.6) is 0 Å². The van der Waals surface area contributed by atoms with Gasteiger partial charge in [0.15, 0.2) is 0 Å². The lowest BCUT2D eigenvalue weighted by molar-refractivity contribution is -0.169. The molecule has 1 fully saturated rings. The van der Waals surface area contributed by atoms with Gasteiger partial charge in [0.2, 0.25) is 0 Å². The molecule has 3 nitrogen and oxygen atoms in total. The summed E-state index contributed by atoms with van der Waals surface area (Å²) >= 11 is 0. The summed E-state index contributed by atoms with van der Waals surface area (Å²) in [6.07, 6.45) is 0. The quantitative estimate of drug-likeness (QED) is 0.597. The Morgan fingerprint density at radius 1 is 1.42 bits per heavy atom. The molecule has 0 aromatic rings. The molecule has 0 unspecified atom stereocenters. The van der Waals surface area contributed by atoms with E-state index in [1.807, 2.05) is 27.7 Å². The van der Waals surface area contributed by atoms with Gasteiger partial charge < -0.3 is 10.1 Å². The zero-order chi connectivity index (χ0) is 9.41. The third-order valence-corrected chi connectivity index (χ3v) is 1.92. The van der Waals surface area contributed by atoms with Gasteiger partial charge in [-0.05, 0) is 27.7 Å². The minimum absolute atomic E-state index is 0.0891. The molecule has 70 valence electrons. The number of hydrogen-bond acceptors (Lipinski definition) is 3. The fourth-order valence-electron chi connectivity index (χ4n) is 1.05. The molecule has 1 N–H and O–H groups in total. The van der Waals surface area contributed by atoms with Crippen molar-refractivity contribution in [2.45, 2.75) is 33.3 Å². The van der Waals surface area contributed by atoms with Gasteiger partial charge in [0.25, 0.3) is 0 Å². The van der Waals surface area contributed by atoms with Gasteiger partial charge in [0.05, 0.1) is 5.41 Å². The van der Waals surface area contributed by atoms with Crippen LogP contribution < -0.4 is 5.32 Å². The molecule has 0 bridgehead atoms. The monoisotopic (exact) mass is 171 g/mol. The average Bonchev–Trinajstić information content (AvgIpc) is 1.78. The topological polar surface area (TPSA) is 38.3 Å². The summed E-state index contributed by atoms with van der Waals surface area (Å²) in [5.74, 6) is -0.0891. The molecule has 1 heterocycles. The largest absolute Gasteiger partial charge is 0.459 e. The Labute approximate surface area is 73.5 Å². The van der Waals surface area contributed by atoms with E-state index in [-0.39, 0.29) is 17.0 Å². The van der Waals surface area contributed by atoms with Crippen LogP contribution in [0.4, 0.5) is 0 Å². The molecule has 0 saturated carbocycles. The van der Waals surface area contributed by atoms with Crippen molar-refractivity contribution in [3.8, 4) is 0 Å². The van der Waals surface area contributed by atoms with E-state index in [0.717, 1.165) is 13.1 Å². The molecule has 12 heavy (non-hydrogen) atoms. The maximum absolute atomic E-state index is 11.5. The zero-order valence-corrected chi connectivity index (χ0v) is 8.23. The molecule has 0 atom stereocenters. The van der Waals surface area contributed by atoms with Gasteiger partial charge in [-0.3, -0.25) is 4.79 Å². The van der Waals surface area contributed by atoms with Crippen LogP contribution in [-0.4, -0.2) is 24.7 Å². The number of rotatable bonds is 1. The highest BCUT2D eigenvalue weighted by atomic mass is 16.6. The van der Waals surface area contributed by atoms with Gasteiger partial charge in [-0.2, -0.15) is 0 Å². The van der Waals surface area contributed by atoms with Crippen LogP contribution in [0.15, 0.2) is 0 Å². The Balaban J connectivity index is 2.49. The van der Waals surface area contributed by atoms with E-state index < -0.39 is 0 Å². The Morgan fingerprint density at radius 2 is 1.92 bits per heavy atom. The molecule has 1 aliphatic rings. The van der Waals surface area contributed by atoms with Crippen LogP contribution >= 0.6 is 0 Å². The third kappa shape index (κ3) is 1.97. The second-order valence-electron chi connectivity index (χ2n) is 4.67. The standard InChI is InChI=1S/C9H17NO2/c1-8(2,3)12-7(11)9(4)5-10-6-9/h10H,5-6H2,1-4H3. The predicted molar refractivity (Wildman–Crippen MR) is 46.8 cm³/mol. The van der Waals surface area contributed by atoms with Crippen LogP contribution in [0, 0.1) is 5.41 Å². The second kappa shape index (κ2) is 2.73. The van der Waals surface area contributed by atoms with E-state index in [2.05, 4.69) is 5.32 Å². The van der Waals surface area contributed by atoms with Gasteiger partial charge in [0, 0.05) is 13.1 Å². The lowest BCUT2D eigenvalue weighted by atomic mass is 9.84. The molecule has 3 heteroatoms. The van der Waals surface area contributed by atoms with Crippen molar-refractivity contribution >= 4 is 5.97 Å². The first-order valence-corrected chi connectivity index (χ1v) is 4.28. The fourth-order valence-corrected chi connectivity index (χ4v) is 1.05. The smallest absolute Gasteiger partial charge is 0.314 e. The van der Waals surface area contributed by atoms with Gasteiger partial charge in [-0.15, -0.1) is 0 Å². The predicted octanol–water partition coefficient (Wildman–Crippen LogP) is 0.938. The van der Waals surface area contributed by atoms with Crippen LogP contribution in [0.25, 0.3) is 0 Å². The van der Waals surface area contributed by atoms with Crippen LogP contribution in [-0.2, 0) is 9.53 Å². The van der Waals surface area contributed by atoms with Gasteiger partial charge in [-0.1, -0.05) is 0 Å². The Morgan fingerprint density at radius 3 is 2.17 bits per heavy atom. The lowest BCUT2D eigenvalue weighted by Crippen LogP contribution is -2.57. The SMILES string of the molecule is CC(C)(C)OC(=O)C1(C)CNC1. The van der Waals surface area contributed by atoms with Gasteiger partial charge in [-0.25, -0.2) is 0 Å². The zero-order valence-electron chi connectivity index (χ0n) is 8.23. The molecule has 0 amide bonds. The summed E-state index contributed by atoms with van der Waals surface area (Å²) in [7, 11) is 0. The highest BCUT2D eigenvalue weighted by molar-refractivity contribution is 5.78. The van der Waals surface area contributed by atoms with Crippen LogP contribution in [0.3, 0.4) is 0 Å². The maximum atomic E-state index is 11.5. The lowest BCUT2D eigenvalue weighted by Gasteiger charge is -2.38. The number of ether oxygens (including phenoxy) is 1. The number of carbonyl (C=O) groups is 1. The summed E-state index contributed by atoms with van der Waals surface area (Å²) in [4.78, 5) is 11.5. The Hall–Kier alpha value is -0.570. The molecular formula is C9H17NO2. The first kappa shape index (κ1) is 9.52. The normalized spacial score (nSPS) is 21.3. The van der Waals surface area contributed by atoms with Crippen molar-refractivity contribution < 1.29 is 9.53 Å². The van der Waals surface area contributed by atoms with E-state index in [0.29, 0.717) is 0 Å². The van der Waals surface area contributed by atoms with Gasteiger partial charge >= 0.3 is 5.97 Å². The summed E-state index contributed by atoms with van der Waals surface area (Å²) in [5, 5.41) is 3.07.